The molecule has 0 saturated carbocycles. The summed E-state index contributed by atoms with van der Waals surface area (Å²) in [6.07, 6.45) is 2.45. The van der Waals surface area contributed by atoms with Crippen LogP contribution in [0.4, 0.5) is 0 Å². The van der Waals surface area contributed by atoms with Gasteiger partial charge in [-0.2, -0.15) is 5.10 Å². The lowest BCUT2D eigenvalue weighted by atomic mass is 10.3. The third-order valence-corrected chi connectivity index (χ3v) is 2.02. The van der Waals surface area contributed by atoms with E-state index in [1.54, 1.807) is 10.7 Å². The molecule has 0 aliphatic rings. The van der Waals surface area contributed by atoms with E-state index in [4.69, 9.17) is 5.11 Å². The highest BCUT2D eigenvalue weighted by molar-refractivity contribution is 5.86. The average molecular weight is 191 g/mol. The molecule has 2 rings (SSSR count). The highest BCUT2D eigenvalue weighted by Gasteiger charge is 2.10. The number of carbonyl (C=O) groups is 1. The summed E-state index contributed by atoms with van der Waals surface area (Å²) in [5.74, 6) is -1.03. The minimum Gasteiger partial charge on any atom is -0.476 e. The fourth-order valence-corrected chi connectivity index (χ4v) is 1.32. The summed E-state index contributed by atoms with van der Waals surface area (Å²) in [6.45, 7) is 1.98. The van der Waals surface area contributed by atoms with E-state index in [1.807, 2.05) is 13.0 Å². The zero-order valence-corrected chi connectivity index (χ0v) is 7.64. The molecular weight excluding hydrogens is 182 g/mol. The Morgan fingerprint density at radius 3 is 3.07 bits per heavy atom. The molecule has 0 amide bonds. The van der Waals surface area contributed by atoms with Crippen LogP contribution in [0, 0.1) is 0 Å². The topological polar surface area (TPSA) is 67.5 Å². The first-order valence-corrected chi connectivity index (χ1v) is 4.29. The Kier molecular flexibility index (Phi) is 1.92. The molecule has 1 N–H and O–H groups in total. The first-order valence-electron chi connectivity index (χ1n) is 4.29. The monoisotopic (exact) mass is 191 g/mol. The van der Waals surface area contributed by atoms with Gasteiger partial charge < -0.3 is 5.11 Å². The summed E-state index contributed by atoms with van der Waals surface area (Å²) in [5.41, 5.74) is 1.54. The van der Waals surface area contributed by atoms with Crippen LogP contribution in [0.1, 0.15) is 23.1 Å². The number of aromatic carboxylic acids is 1. The molecule has 0 aromatic carbocycles. The van der Waals surface area contributed by atoms with Crippen LogP contribution in [0.5, 0.6) is 0 Å². The molecule has 0 radical (unpaired) electrons. The molecule has 0 bridgehead atoms. The minimum atomic E-state index is -1.03. The van der Waals surface area contributed by atoms with Gasteiger partial charge in [-0.15, -0.1) is 0 Å². The summed E-state index contributed by atoms with van der Waals surface area (Å²) in [5, 5.41) is 12.7. The Bertz CT molecular complexity index is 490. The van der Waals surface area contributed by atoms with Crippen molar-refractivity contribution in [1.29, 1.82) is 0 Å². The van der Waals surface area contributed by atoms with Gasteiger partial charge in [0.25, 0.3) is 0 Å². The van der Waals surface area contributed by atoms with Crippen molar-refractivity contribution in [2.24, 2.45) is 0 Å². The van der Waals surface area contributed by atoms with E-state index in [0.29, 0.717) is 5.65 Å². The summed E-state index contributed by atoms with van der Waals surface area (Å²) < 4.78 is 1.56. The van der Waals surface area contributed by atoms with Crippen molar-refractivity contribution in [2.45, 2.75) is 13.3 Å². The van der Waals surface area contributed by atoms with Gasteiger partial charge in [-0.25, -0.2) is 14.3 Å². The van der Waals surface area contributed by atoms with Gasteiger partial charge in [0.1, 0.15) is 0 Å². The van der Waals surface area contributed by atoms with Crippen LogP contribution >= 0.6 is 0 Å². The maximum absolute atomic E-state index is 10.7. The lowest BCUT2D eigenvalue weighted by Crippen LogP contribution is -2.01. The molecule has 0 fully saturated rings. The molecule has 0 spiro atoms. The van der Waals surface area contributed by atoms with E-state index in [-0.39, 0.29) is 5.69 Å². The van der Waals surface area contributed by atoms with Crippen molar-refractivity contribution in [2.75, 3.05) is 0 Å². The molecule has 2 aromatic heterocycles. The maximum Gasteiger partial charge on any atom is 0.356 e. The third-order valence-electron chi connectivity index (χ3n) is 2.02. The average Bonchev–Trinajstić information content (AvgIpc) is 2.60. The molecule has 2 aromatic rings. The number of nitrogens with zero attached hydrogens (tertiary/aromatic N) is 3. The van der Waals surface area contributed by atoms with Crippen molar-refractivity contribution in [3.63, 3.8) is 0 Å². The SMILES string of the molecule is CCc1ccnc2cc(C(=O)O)nn12. The minimum absolute atomic E-state index is 0.0263. The van der Waals surface area contributed by atoms with Crippen molar-refractivity contribution in [1.82, 2.24) is 14.6 Å². The number of rotatable bonds is 2. The zero-order chi connectivity index (χ0) is 10.1. The second-order valence-electron chi connectivity index (χ2n) is 2.89. The molecule has 14 heavy (non-hydrogen) atoms. The van der Waals surface area contributed by atoms with Crippen molar-refractivity contribution >= 4 is 11.6 Å². The molecule has 0 aliphatic carbocycles. The molecule has 0 aliphatic heterocycles. The predicted molar refractivity (Wildman–Crippen MR) is 49.3 cm³/mol. The van der Waals surface area contributed by atoms with Crippen molar-refractivity contribution < 1.29 is 9.90 Å². The van der Waals surface area contributed by atoms with Gasteiger partial charge in [-0.05, 0) is 12.5 Å². The van der Waals surface area contributed by atoms with E-state index >= 15 is 0 Å². The smallest absolute Gasteiger partial charge is 0.356 e. The van der Waals surface area contributed by atoms with Crippen LogP contribution in [0.3, 0.4) is 0 Å². The molecule has 2 heterocycles. The Hall–Kier alpha value is -1.91. The molecule has 72 valence electrons. The Morgan fingerprint density at radius 1 is 1.64 bits per heavy atom. The van der Waals surface area contributed by atoms with Crippen LogP contribution in [0.25, 0.3) is 5.65 Å². The van der Waals surface area contributed by atoms with Gasteiger partial charge in [0.2, 0.25) is 0 Å². The molecular formula is C9H9N3O2. The Labute approximate surface area is 80.0 Å². The van der Waals surface area contributed by atoms with Crippen LogP contribution in [0.2, 0.25) is 0 Å². The standard InChI is InChI=1S/C9H9N3O2/c1-2-6-3-4-10-8-5-7(9(13)14)11-12(6)8/h3-5H,2H2,1H3,(H,13,14). The van der Waals surface area contributed by atoms with Gasteiger partial charge in [-0.3, -0.25) is 0 Å². The quantitative estimate of drug-likeness (QED) is 0.768. The van der Waals surface area contributed by atoms with Crippen LogP contribution in [0.15, 0.2) is 18.3 Å². The number of aromatic nitrogens is 3. The Morgan fingerprint density at radius 2 is 2.43 bits per heavy atom. The second kappa shape index (κ2) is 3.10. The Balaban J connectivity index is 2.70. The van der Waals surface area contributed by atoms with E-state index in [0.717, 1.165) is 12.1 Å². The van der Waals surface area contributed by atoms with Gasteiger partial charge in [-0.1, -0.05) is 6.92 Å². The van der Waals surface area contributed by atoms with Gasteiger partial charge in [0.05, 0.1) is 0 Å². The van der Waals surface area contributed by atoms with Crippen LogP contribution in [-0.2, 0) is 6.42 Å². The number of aryl methyl sites for hydroxylation is 1. The number of carboxylic acids is 1. The van der Waals surface area contributed by atoms with E-state index in [1.165, 1.54) is 6.07 Å². The van der Waals surface area contributed by atoms with Gasteiger partial charge in [0, 0.05) is 18.0 Å². The van der Waals surface area contributed by atoms with Gasteiger partial charge >= 0.3 is 5.97 Å². The maximum atomic E-state index is 10.7. The number of hydrogen-bond acceptors (Lipinski definition) is 3. The van der Waals surface area contributed by atoms with Crippen LogP contribution < -0.4 is 0 Å². The predicted octanol–water partition coefficient (Wildman–Crippen LogP) is 0.990. The molecule has 5 nitrogen and oxygen atoms in total. The molecule has 5 heteroatoms. The summed E-state index contributed by atoms with van der Waals surface area (Å²) in [7, 11) is 0. The van der Waals surface area contributed by atoms with Crippen molar-refractivity contribution in [3.05, 3.63) is 29.7 Å². The third kappa shape index (κ3) is 1.22. The van der Waals surface area contributed by atoms with E-state index in [2.05, 4.69) is 10.1 Å². The van der Waals surface area contributed by atoms with Crippen molar-refractivity contribution in [3.8, 4) is 0 Å². The fourth-order valence-electron chi connectivity index (χ4n) is 1.32. The first kappa shape index (κ1) is 8.68. The normalized spacial score (nSPS) is 10.6. The first-order chi connectivity index (χ1) is 6.72. The molecule has 0 saturated heterocycles. The van der Waals surface area contributed by atoms with E-state index in [9.17, 15) is 4.79 Å². The summed E-state index contributed by atoms with van der Waals surface area (Å²) >= 11 is 0. The van der Waals surface area contributed by atoms with E-state index < -0.39 is 5.97 Å². The molecule has 0 unspecified atom stereocenters. The summed E-state index contributed by atoms with van der Waals surface area (Å²) in [4.78, 5) is 14.7. The highest BCUT2D eigenvalue weighted by atomic mass is 16.4. The van der Waals surface area contributed by atoms with Gasteiger partial charge in [0.15, 0.2) is 11.3 Å². The lowest BCUT2D eigenvalue weighted by molar-refractivity contribution is 0.0690. The second-order valence-corrected chi connectivity index (χ2v) is 2.89. The fraction of sp³-hybridized carbons (Fsp3) is 0.222. The summed E-state index contributed by atoms with van der Waals surface area (Å²) in [6, 6.07) is 3.28. The largest absolute Gasteiger partial charge is 0.476 e. The highest BCUT2D eigenvalue weighted by Crippen LogP contribution is 2.07. The zero-order valence-electron chi connectivity index (χ0n) is 7.64. The molecule has 0 atom stereocenters. The number of hydrogen-bond donors (Lipinski definition) is 1. The number of carboxylic acid groups (broad SMARTS) is 1. The van der Waals surface area contributed by atoms with Crippen LogP contribution in [-0.4, -0.2) is 25.7 Å². The lowest BCUT2D eigenvalue weighted by Gasteiger charge is -1.98. The number of fused-ring (bicyclic) bond motifs is 1.